The third-order valence-corrected chi connectivity index (χ3v) is 2.61. The first-order valence-electron chi connectivity index (χ1n) is 5.96. The molecule has 0 saturated carbocycles. The maximum absolute atomic E-state index is 10.4. The molecule has 20 heavy (non-hydrogen) atoms. The number of aliphatic hydroxyl groups excluding tert-OH is 1. The largest absolute Gasteiger partial charge is 0.491 e. The van der Waals surface area contributed by atoms with Crippen molar-refractivity contribution in [3.8, 4) is 5.75 Å². The van der Waals surface area contributed by atoms with Crippen molar-refractivity contribution in [3.05, 3.63) is 46.3 Å². The van der Waals surface area contributed by atoms with Gasteiger partial charge in [0.25, 0.3) is 0 Å². The van der Waals surface area contributed by atoms with Crippen molar-refractivity contribution in [1.82, 2.24) is 14.8 Å². The fourth-order valence-corrected chi connectivity index (χ4v) is 1.63. The van der Waals surface area contributed by atoms with Gasteiger partial charge in [-0.1, -0.05) is 23.2 Å². The molecule has 0 aliphatic heterocycles. The molecule has 2 rings (SSSR count). The Balaban J connectivity index is 1.87. The van der Waals surface area contributed by atoms with E-state index in [9.17, 15) is 15.2 Å². The van der Waals surface area contributed by atoms with Crippen LogP contribution in [0.25, 0.3) is 0 Å². The monoisotopic (exact) mass is 278 g/mol. The molecule has 8 nitrogen and oxygen atoms in total. The van der Waals surface area contributed by atoms with Gasteiger partial charge in [-0.15, -0.1) is 0 Å². The molecule has 1 aromatic carbocycles. The molecule has 1 unspecified atom stereocenters. The summed E-state index contributed by atoms with van der Waals surface area (Å²) in [5.41, 5.74) is 0.969. The number of hydrogen-bond acceptors (Lipinski definition) is 6. The van der Waals surface area contributed by atoms with Crippen molar-refractivity contribution in [2.24, 2.45) is 0 Å². The van der Waals surface area contributed by atoms with Crippen LogP contribution in [-0.4, -0.2) is 37.5 Å². The van der Waals surface area contributed by atoms with Crippen LogP contribution in [0.1, 0.15) is 5.56 Å². The van der Waals surface area contributed by atoms with Crippen LogP contribution in [0.15, 0.2) is 30.6 Å². The van der Waals surface area contributed by atoms with E-state index in [0.29, 0.717) is 5.75 Å². The van der Waals surface area contributed by atoms with Crippen LogP contribution in [0.5, 0.6) is 5.75 Å². The molecule has 8 heteroatoms. The average Bonchev–Trinajstić information content (AvgIpc) is 2.86. The predicted molar refractivity (Wildman–Crippen MR) is 69.4 cm³/mol. The number of nitro groups is 1. The number of hydrogen-bond donors (Lipinski definition) is 1. The number of rotatable bonds is 6. The molecule has 1 N–H and O–H groups in total. The summed E-state index contributed by atoms with van der Waals surface area (Å²) in [6, 6.07) is 7.45. The number of aryl methyl sites for hydroxylation is 1. The second kappa shape index (κ2) is 6.11. The van der Waals surface area contributed by atoms with Gasteiger partial charge < -0.3 is 20.0 Å². The van der Waals surface area contributed by atoms with Crippen molar-refractivity contribution < 1.29 is 14.8 Å². The van der Waals surface area contributed by atoms with Gasteiger partial charge in [0.05, 0.1) is 6.54 Å². The van der Waals surface area contributed by atoms with Crippen LogP contribution in [0.4, 0.5) is 5.95 Å². The summed E-state index contributed by atoms with van der Waals surface area (Å²) in [5.74, 6) is 0.202. The van der Waals surface area contributed by atoms with Gasteiger partial charge in [-0.25, -0.2) is 0 Å². The van der Waals surface area contributed by atoms with E-state index in [1.165, 1.54) is 11.0 Å². The van der Waals surface area contributed by atoms with E-state index in [4.69, 9.17) is 4.74 Å². The number of benzene rings is 1. The van der Waals surface area contributed by atoms with Crippen molar-refractivity contribution >= 4 is 5.95 Å². The van der Waals surface area contributed by atoms with Gasteiger partial charge in [-0.05, 0) is 23.5 Å². The molecular formula is C12H14N4O4. The van der Waals surface area contributed by atoms with Crippen molar-refractivity contribution in [1.29, 1.82) is 0 Å². The lowest BCUT2D eigenvalue weighted by molar-refractivity contribution is -0.394. The van der Waals surface area contributed by atoms with E-state index in [2.05, 4.69) is 10.1 Å². The van der Waals surface area contributed by atoms with Crippen LogP contribution in [-0.2, 0) is 6.54 Å². The minimum atomic E-state index is -0.837. The number of para-hydroxylation sites is 1. The summed E-state index contributed by atoms with van der Waals surface area (Å²) in [5, 5.41) is 23.9. The molecule has 0 radical (unpaired) electrons. The molecule has 0 aliphatic carbocycles. The Morgan fingerprint density at radius 1 is 1.50 bits per heavy atom. The van der Waals surface area contributed by atoms with Gasteiger partial charge in [-0.3, -0.25) is 0 Å². The highest BCUT2D eigenvalue weighted by molar-refractivity contribution is 5.31. The van der Waals surface area contributed by atoms with Crippen LogP contribution in [0.2, 0.25) is 0 Å². The maximum Gasteiger partial charge on any atom is 0.490 e. The van der Waals surface area contributed by atoms with Crippen LogP contribution in [0.3, 0.4) is 0 Å². The van der Waals surface area contributed by atoms with Gasteiger partial charge in [0.15, 0.2) is 0 Å². The molecule has 0 spiro atoms. The Morgan fingerprint density at radius 2 is 2.25 bits per heavy atom. The highest BCUT2D eigenvalue weighted by atomic mass is 16.6. The van der Waals surface area contributed by atoms with Crippen LogP contribution < -0.4 is 4.74 Å². The summed E-state index contributed by atoms with van der Waals surface area (Å²) in [6.45, 7) is 2.05. The Hall–Kier alpha value is -2.48. The van der Waals surface area contributed by atoms with Crippen molar-refractivity contribution in [2.45, 2.75) is 19.6 Å². The third kappa shape index (κ3) is 3.51. The Labute approximate surface area is 114 Å². The lowest BCUT2D eigenvalue weighted by atomic mass is 10.2. The predicted octanol–water partition coefficient (Wildman–Crippen LogP) is 0.935. The summed E-state index contributed by atoms with van der Waals surface area (Å²) in [4.78, 5) is 13.2. The van der Waals surface area contributed by atoms with E-state index < -0.39 is 17.0 Å². The zero-order chi connectivity index (χ0) is 14.5. The van der Waals surface area contributed by atoms with Gasteiger partial charge >= 0.3 is 5.95 Å². The van der Waals surface area contributed by atoms with E-state index in [0.717, 1.165) is 5.56 Å². The molecule has 1 heterocycles. The molecule has 1 aromatic heterocycles. The topological polar surface area (TPSA) is 103 Å². The molecule has 0 aliphatic rings. The van der Waals surface area contributed by atoms with Crippen molar-refractivity contribution in [3.63, 3.8) is 0 Å². The molecule has 0 bridgehead atoms. The SMILES string of the molecule is Cc1ccccc1OCC(O)Cn1cnc([N+](=O)[O-])n1. The average molecular weight is 278 g/mol. The highest BCUT2D eigenvalue weighted by Gasteiger charge is 2.16. The lowest BCUT2D eigenvalue weighted by Gasteiger charge is -2.12. The smallest absolute Gasteiger partial charge is 0.490 e. The molecule has 0 saturated heterocycles. The van der Waals surface area contributed by atoms with E-state index in [1.54, 1.807) is 0 Å². The molecule has 0 amide bonds. The van der Waals surface area contributed by atoms with Gasteiger partial charge in [-0.2, -0.15) is 4.68 Å². The first-order chi connectivity index (χ1) is 9.56. The van der Waals surface area contributed by atoms with Gasteiger partial charge in [0.1, 0.15) is 18.5 Å². The molecule has 106 valence electrons. The van der Waals surface area contributed by atoms with Crippen LogP contribution >= 0.6 is 0 Å². The second-order valence-corrected chi connectivity index (χ2v) is 4.25. The molecule has 0 fully saturated rings. The Morgan fingerprint density at radius 3 is 2.90 bits per heavy atom. The number of aromatic nitrogens is 3. The minimum Gasteiger partial charge on any atom is -0.491 e. The molecule has 1 atom stereocenters. The number of ether oxygens (including phenoxy) is 1. The summed E-state index contributed by atoms with van der Waals surface area (Å²) in [7, 11) is 0. The van der Waals surface area contributed by atoms with Gasteiger partial charge in [0, 0.05) is 5.10 Å². The second-order valence-electron chi connectivity index (χ2n) is 4.25. The fourth-order valence-electron chi connectivity index (χ4n) is 1.63. The fraction of sp³-hybridized carbons (Fsp3) is 0.333. The standard InChI is InChI=1S/C12H14N4O4/c1-9-4-2-3-5-11(9)20-7-10(17)6-15-8-13-12(14-15)16(18)19/h2-5,8,10,17H,6-7H2,1H3. The highest BCUT2D eigenvalue weighted by Crippen LogP contribution is 2.16. The van der Waals surface area contributed by atoms with Crippen molar-refractivity contribution in [2.75, 3.05) is 6.61 Å². The van der Waals surface area contributed by atoms with E-state index >= 15 is 0 Å². The molecule has 2 aromatic rings. The number of nitrogens with zero attached hydrogens (tertiary/aromatic N) is 4. The van der Waals surface area contributed by atoms with E-state index in [-0.39, 0.29) is 13.2 Å². The normalized spacial score (nSPS) is 12.1. The first-order valence-corrected chi connectivity index (χ1v) is 5.96. The summed E-state index contributed by atoms with van der Waals surface area (Å²) < 4.78 is 6.69. The Kier molecular flexibility index (Phi) is 4.26. The third-order valence-electron chi connectivity index (χ3n) is 2.61. The minimum absolute atomic E-state index is 0.0680. The Bertz CT molecular complexity index is 599. The first kappa shape index (κ1) is 13.9. The quantitative estimate of drug-likeness (QED) is 0.623. The zero-order valence-electron chi connectivity index (χ0n) is 10.8. The zero-order valence-corrected chi connectivity index (χ0v) is 10.8. The maximum atomic E-state index is 10.4. The van der Waals surface area contributed by atoms with Gasteiger partial charge in [0.2, 0.25) is 6.33 Å². The number of aliphatic hydroxyl groups is 1. The van der Waals surface area contributed by atoms with Crippen LogP contribution in [0, 0.1) is 17.0 Å². The lowest BCUT2D eigenvalue weighted by Crippen LogP contribution is -2.24. The summed E-state index contributed by atoms with van der Waals surface area (Å²) >= 11 is 0. The van der Waals surface area contributed by atoms with E-state index in [1.807, 2.05) is 31.2 Å². The molecular weight excluding hydrogens is 264 g/mol. The summed E-state index contributed by atoms with van der Waals surface area (Å²) in [6.07, 6.45) is 0.366.